The normalized spacial score (nSPS) is 15.4. The van der Waals surface area contributed by atoms with Crippen molar-refractivity contribution in [2.45, 2.75) is 31.6 Å². The van der Waals surface area contributed by atoms with E-state index in [2.05, 4.69) is 6.92 Å². The Morgan fingerprint density at radius 2 is 1.89 bits per heavy atom. The number of sulfonamides is 1. The van der Waals surface area contributed by atoms with Crippen LogP contribution in [-0.4, -0.2) is 48.2 Å². The van der Waals surface area contributed by atoms with Gasteiger partial charge >= 0.3 is 5.97 Å². The van der Waals surface area contributed by atoms with E-state index in [1.807, 2.05) is 36.4 Å². The number of aromatic nitrogens is 2. The van der Waals surface area contributed by atoms with Crippen LogP contribution in [0.4, 0.5) is 0 Å². The van der Waals surface area contributed by atoms with Crippen LogP contribution in [0.3, 0.4) is 0 Å². The number of piperidine rings is 1. The maximum Gasteiger partial charge on any atom is 0.348 e. The second kappa shape index (κ2) is 10.9. The summed E-state index contributed by atoms with van der Waals surface area (Å²) >= 11 is 0. The van der Waals surface area contributed by atoms with E-state index in [1.54, 1.807) is 42.1 Å². The summed E-state index contributed by atoms with van der Waals surface area (Å²) in [4.78, 5) is 12.4. The number of carbonyl (C=O) groups excluding carboxylic acids is 1. The molecule has 1 aliphatic rings. The molecule has 1 saturated heterocycles. The second-order valence-corrected chi connectivity index (χ2v) is 10.7. The monoisotopic (exact) mass is 504 g/mol. The van der Waals surface area contributed by atoms with Gasteiger partial charge in [0.1, 0.15) is 17.3 Å². The minimum absolute atomic E-state index is 0.142. The lowest BCUT2D eigenvalue weighted by atomic mass is 10.0. The maximum absolute atomic E-state index is 13.4. The van der Waals surface area contributed by atoms with Crippen molar-refractivity contribution in [3.8, 4) is 23.0 Å². The van der Waals surface area contributed by atoms with Crippen molar-refractivity contribution >= 4 is 22.1 Å². The minimum atomic E-state index is -3.67. The minimum Gasteiger partial charge on any atom is -0.462 e. The first-order valence-corrected chi connectivity index (χ1v) is 13.3. The largest absolute Gasteiger partial charge is 0.462 e. The summed E-state index contributed by atoms with van der Waals surface area (Å²) in [5.74, 6) is -0.220. The Bertz CT molecular complexity index is 1410. The number of esters is 1. The first kappa shape index (κ1) is 25.4. The molecular weight excluding hydrogens is 476 g/mol. The quantitative estimate of drug-likeness (QED) is 0.268. The zero-order valence-electron chi connectivity index (χ0n) is 20.3. The van der Waals surface area contributed by atoms with E-state index in [0.29, 0.717) is 35.8 Å². The van der Waals surface area contributed by atoms with Gasteiger partial charge in [-0.1, -0.05) is 37.3 Å². The van der Waals surface area contributed by atoms with Crippen LogP contribution in [0.2, 0.25) is 0 Å². The highest BCUT2D eigenvalue weighted by atomic mass is 32.2. The highest BCUT2D eigenvalue weighted by molar-refractivity contribution is 7.89. The summed E-state index contributed by atoms with van der Waals surface area (Å²) < 4.78 is 34.9. The standard InChI is InChI=1S/C27H28N4O4S/c1-3-35-27(32)22(18-28)16-23-19-31(24-9-5-4-6-10-24)29-26(23)21-8-7-11-25(17-21)36(33,34)30-14-12-20(2)13-15-30/h4-11,16-17,19-20H,3,12-15H2,1-2H3/b22-16-. The third-order valence-electron chi connectivity index (χ3n) is 6.17. The van der Waals surface area contributed by atoms with Crippen LogP contribution < -0.4 is 0 Å². The van der Waals surface area contributed by atoms with Crippen LogP contribution in [0.5, 0.6) is 0 Å². The third-order valence-corrected chi connectivity index (χ3v) is 8.06. The fourth-order valence-corrected chi connectivity index (χ4v) is 5.63. The molecule has 4 rings (SSSR count). The first-order chi connectivity index (χ1) is 17.3. The van der Waals surface area contributed by atoms with Crippen LogP contribution in [0, 0.1) is 17.2 Å². The summed E-state index contributed by atoms with van der Waals surface area (Å²) in [6.45, 7) is 4.93. The molecule has 186 valence electrons. The molecular formula is C27H28N4O4S. The highest BCUT2D eigenvalue weighted by Gasteiger charge is 2.28. The molecule has 0 spiro atoms. The summed E-state index contributed by atoms with van der Waals surface area (Å²) in [6, 6.07) is 17.9. The molecule has 8 nitrogen and oxygen atoms in total. The van der Waals surface area contributed by atoms with E-state index in [1.165, 1.54) is 10.4 Å². The van der Waals surface area contributed by atoms with Crippen LogP contribution in [-0.2, 0) is 19.6 Å². The number of nitrogens with zero attached hydrogens (tertiary/aromatic N) is 4. The van der Waals surface area contributed by atoms with Gasteiger partial charge in [0.2, 0.25) is 10.0 Å². The van der Waals surface area contributed by atoms with Crippen LogP contribution in [0.15, 0.2) is 71.3 Å². The van der Waals surface area contributed by atoms with Crippen molar-refractivity contribution in [1.82, 2.24) is 14.1 Å². The van der Waals surface area contributed by atoms with Crippen molar-refractivity contribution in [2.75, 3.05) is 19.7 Å². The number of benzene rings is 2. The smallest absolute Gasteiger partial charge is 0.348 e. The van der Waals surface area contributed by atoms with Gasteiger partial charge in [-0.15, -0.1) is 0 Å². The summed E-state index contributed by atoms with van der Waals surface area (Å²) in [5.41, 5.74) is 2.10. The Kier molecular flexibility index (Phi) is 7.67. The molecule has 0 saturated carbocycles. The summed E-state index contributed by atoms with van der Waals surface area (Å²) in [5, 5.41) is 14.2. The van der Waals surface area contributed by atoms with Gasteiger partial charge in [0, 0.05) is 30.4 Å². The first-order valence-electron chi connectivity index (χ1n) is 11.9. The van der Waals surface area contributed by atoms with Gasteiger partial charge in [-0.05, 0) is 56.0 Å². The van der Waals surface area contributed by atoms with Gasteiger partial charge in [0.25, 0.3) is 0 Å². The molecule has 2 aromatic carbocycles. The Labute approximate surface area is 211 Å². The van der Waals surface area contributed by atoms with Gasteiger partial charge in [-0.25, -0.2) is 17.9 Å². The number of ether oxygens (including phenoxy) is 1. The van der Waals surface area contributed by atoms with Crippen LogP contribution >= 0.6 is 0 Å². The molecule has 1 aliphatic heterocycles. The lowest BCUT2D eigenvalue weighted by molar-refractivity contribution is -0.137. The van der Waals surface area contributed by atoms with Crippen LogP contribution in [0.1, 0.15) is 32.3 Å². The molecule has 0 radical (unpaired) electrons. The molecule has 0 unspecified atom stereocenters. The molecule has 1 fully saturated rings. The van der Waals surface area contributed by atoms with E-state index in [4.69, 9.17) is 9.84 Å². The molecule has 0 bridgehead atoms. The molecule has 0 aliphatic carbocycles. The molecule has 1 aromatic heterocycles. The number of nitriles is 1. The van der Waals surface area contributed by atoms with Gasteiger partial charge in [0.15, 0.2) is 0 Å². The molecule has 9 heteroatoms. The van der Waals surface area contributed by atoms with Gasteiger partial charge in [-0.3, -0.25) is 0 Å². The Morgan fingerprint density at radius 1 is 1.17 bits per heavy atom. The number of hydrogen-bond donors (Lipinski definition) is 0. The average molecular weight is 505 g/mol. The fraction of sp³-hybridized carbons (Fsp3) is 0.296. The zero-order chi connectivity index (χ0) is 25.7. The second-order valence-electron chi connectivity index (χ2n) is 8.72. The molecule has 0 atom stereocenters. The van der Waals surface area contributed by atoms with E-state index >= 15 is 0 Å². The van der Waals surface area contributed by atoms with Crippen molar-refractivity contribution in [3.05, 3.63) is 71.9 Å². The molecule has 36 heavy (non-hydrogen) atoms. The van der Waals surface area contributed by atoms with E-state index in [9.17, 15) is 18.5 Å². The van der Waals surface area contributed by atoms with Crippen molar-refractivity contribution in [2.24, 2.45) is 5.92 Å². The summed E-state index contributed by atoms with van der Waals surface area (Å²) in [6.07, 6.45) is 4.79. The maximum atomic E-state index is 13.4. The van der Waals surface area contributed by atoms with E-state index in [-0.39, 0.29) is 17.1 Å². The van der Waals surface area contributed by atoms with Crippen molar-refractivity contribution < 1.29 is 17.9 Å². The molecule has 0 amide bonds. The molecule has 0 N–H and O–H groups in total. The zero-order valence-corrected chi connectivity index (χ0v) is 21.1. The topological polar surface area (TPSA) is 105 Å². The fourth-order valence-electron chi connectivity index (χ4n) is 4.11. The van der Waals surface area contributed by atoms with Crippen molar-refractivity contribution in [1.29, 1.82) is 5.26 Å². The highest BCUT2D eigenvalue weighted by Crippen LogP contribution is 2.30. The Hall–Kier alpha value is -3.74. The predicted molar refractivity (Wildman–Crippen MR) is 136 cm³/mol. The average Bonchev–Trinajstić information content (AvgIpc) is 3.32. The molecule has 2 heterocycles. The number of carbonyl (C=O) groups is 1. The SMILES string of the molecule is CCOC(=O)/C(C#N)=C\c1cn(-c2ccccc2)nc1-c1cccc(S(=O)(=O)N2CCC(C)CC2)c1. The van der Waals surface area contributed by atoms with E-state index in [0.717, 1.165) is 18.5 Å². The Morgan fingerprint density at radius 3 is 2.56 bits per heavy atom. The number of para-hydroxylation sites is 1. The molecule has 3 aromatic rings. The van der Waals surface area contributed by atoms with Gasteiger partial charge < -0.3 is 4.74 Å². The Balaban J connectivity index is 1.80. The number of rotatable bonds is 7. The van der Waals surface area contributed by atoms with Crippen LogP contribution in [0.25, 0.3) is 23.0 Å². The number of hydrogen-bond acceptors (Lipinski definition) is 6. The van der Waals surface area contributed by atoms with Gasteiger partial charge in [0.05, 0.1) is 17.2 Å². The lowest BCUT2D eigenvalue weighted by Gasteiger charge is -2.29. The summed E-state index contributed by atoms with van der Waals surface area (Å²) in [7, 11) is -3.67. The van der Waals surface area contributed by atoms with Gasteiger partial charge in [-0.2, -0.15) is 14.7 Å². The third kappa shape index (κ3) is 5.40. The predicted octanol–water partition coefficient (Wildman–Crippen LogP) is 4.43. The lowest BCUT2D eigenvalue weighted by Crippen LogP contribution is -2.37. The van der Waals surface area contributed by atoms with E-state index < -0.39 is 16.0 Å². The van der Waals surface area contributed by atoms with Crippen molar-refractivity contribution in [3.63, 3.8) is 0 Å².